The van der Waals surface area contributed by atoms with E-state index in [9.17, 15) is 10.1 Å². The van der Waals surface area contributed by atoms with E-state index in [-0.39, 0.29) is 11.6 Å². The largest absolute Gasteiger partial charge is 0.476 e. The van der Waals surface area contributed by atoms with Crippen molar-refractivity contribution in [2.45, 2.75) is 0 Å². The van der Waals surface area contributed by atoms with Crippen molar-refractivity contribution in [1.82, 2.24) is 4.98 Å². The highest BCUT2D eigenvalue weighted by Crippen LogP contribution is 2.32. The molecule has 0 unspecified atom stereocenters. The van der Waals surface area contributed by atoms with Gasteiger partial charge in [-0.2, -0.15) is 0 Å². The van der Waals surface area contributed by atoms with Gasteiger partial charge in [0.25, 0.3) is 5.88 Å². The second kappa shape index (κ2) is 5.42. The van der Waals surface area contributed by atoms with E-state index in [0.717, 1.165) is 0 Å². The van der Waals surface area contributed by atoms with Gasteiger partial charge in [-0.1, -0.05) is 29.3 Å². The number of pyridine rings is 1. The second-order valence-electron chi connectivity index (χ2n) is 3.64. The van der Waals surface area contributed by atoms with Crippen LogP contribution in [0.5, 0.6) is 5.88 Å². The van der Waals surface area contributed by atoms with Gasteiger partial charge in [0.05, 0.1) is 22.1 Å². The van der Waals surface area contributed by atoms with E-state index in [0.29, 0.717) is 21.2 Å². The molecule has 0 bridgehead atoms. The topological polar surface area (TPSA) is 65.3 Å². The molecule has 1 heterocycles. The third-order valence-corrected chi connectivity index (χ3v) is 3.21. The molecule has 2 aromatic rings. The van der Waals surface area contributed by atoms with Crippen molar-refractivity contribution in [1.29, 1.82) is 0 Å². The lowest BCUT2D eigenvalue weighted by molar-refractivity contribution is -0.386. The summed E-state index contributed by atoms with van der Waals surface area (Å²) >= 11 is 11.7. The molecular weight excluding hydrogens is 291 g/mol. The van der Waals surface area contributed by atoms with Crippen molar-refractivity contribution in [3.8, 4) is 17.0 Å². The molecule has 1 aromatic carbocycles. The van der Waals surface area contributed by atoms with Crippen LogP contribution in [0.25, 0.3) is 11.1 Å². The van der Waals surface area contributed by atoms with E-state index in [4.69, 9.17) is 27.9 Å². The van der Waals surface area contributed by atoms with Gasteiger partial charge in [0, 0.05) is 17.8 Å². The van der Waals surface area contributed by atoms with Crippen molar-refractivity contribution >= 4 is 28.9 Å². The van der Waals surface area contributed by atoms with Crippen molar-refractivity contribution in [2.24, 2.45) is 0 Å². The van der Waals surface area contributed by atoms with Crippen LogP contribution in [-0.2, 0) is 0 Å². The highest BCUT2D eigenvalue weighted by atomic mass is 35.5. The quantitative estimate of drug-likeness (QED) is 0.635. The molecule has 5 nitrogen and oxygen atoms in total. The number of methoxy groups -OCH3 is 1. The summed E-state index contributed by atoms with van der Waals surface area (Å²) in [6.45, 7) is 0. The molecule has 98 valence electrons. The average molecular weight is 299 g/mol. The molecule has 0 saturated carbocycles. The van der Waals surface area contributed by atoms with Gasteiger partial charge in [-0.3, -0.25) is 10.1 Å². The van der Waals surface area contributed by atoms with Crippen LogP contribution in [0.1, 0.15) is 0 Å². The van der Waals surface area contributed by atoms with Crippen LogP contribution in [0, 0.1) is 10.1 Å². The summed E-state index contributed by atoms with van der Waals surface area (Å²) in [5, 5.41) is 11.7. The molecule has 0 aliphatic rings. The standard InChI is InChI=1S/C12H8Cl2N2O3/c1-19-12-11(16(17)18)5-8(6-15-12)7-2-3-9(13)10(14)4-7/h2-6H,1H3. The summed E-state index contributed by atoms with van der Waals surface area (Å²) in [5.41, 5.74) is 1.05. The Labute approximate surface area is 118 Å². The Kier molecular flexibility index (Phi) is 3.87. The van der Waals surface area contributed by atoms with Gasteiger partial charge in [-0.25, -0.2) is 4.98 Å². The van der Waals surface area contributed by atoms with Gasteiger partial charge in [0.2, 0.25) is 0 Å². The SMILES string of the molecule is COc1ncc(-c2ccc(Cl)c(Cl)c2)cc1[N+](=O)[O-]. The van der Waals surface area contributed by atoms with Gasteiger partial charge >= 0.3 is 5.69 Å². The monoisotopic (exact) mass is 298 g/mol. The summed E-state index contributed by atoms with van der Waals surface area (Å²) in [6.07, 6.45) is 1.48. The molecule has 0 N–H and O–H groups in total. The number of hydrogen-bond donors (Lipinski definition) is 0. The van der Waals surface area contributed by atoms with Crippen LogP contribution in [0.3, 0.4) is 0 Å². The molecule has 0 atom stereocenters. The van der Waals surface area contributed by atoms with Crippen LogP contribution in [0.15, 0.2) is 30.5 Å². The minimum absolute atomic E-state index is 0.0335. The lowest BCUT2D eigenvalue weighted by Gasteiger charge is -2.05. The fourth-order valence-corrected chi connectivity index (χ4v) is 1.86. The average Bonchev–Trinajstić information content (AvgIpc) is 2.41. The third-order valence-electron chi connectivity index (χ3n) is 2.48. The molecule has 1 aromatic heterocycles. The Morgan fingerprint density at radius 1 is 1.21 bits per heavy atom. The maximum atomic E-state index is 10.9. The molecule has 0 saturated heterocycles. The zero-order valence-electron chi connectivity index (χ0n) is 9.76. The second-order valence-corrected chi connectivity index (χ2v) is 4.45. The van der Waals surface area contributed by atoms with Gasteiger partial charge < -0.3 is 4.74 Å². The van der Waals surface area contributed by atoms with Crippen LogP contribution in [-0.4, -0.2) is 17.0 Å². The first kappa shape index (κ1) is 13.6. The number of ether oxygens (including phenoxy) is 1. The molecule has 0 fully saturated rings. The summed E-state index contributed by atoms with van der Waals surface area (Å²) in [6, 6.07) is 6.33. The number of nitrogens with zero attached hydrogens (tertiary/aromatic N) is 2. The molecule has 0 aliphatic carbocycles. The predicted molar refractivity (Wildman–Crippen MR) is 72.9 cm³/mol. The maximum absolute atomic E-state index is 10.9. The minimum atomic E-state index is -0.549. The van der Waals surface area contributed by atoms with E-state index in [1.165, 1.54) is 19.4 Å². The summed E-state index contributed by atoms with van der Waals surface area (Å²) in [4.78, 5) is 14.3. The van der Waals surface area contributed by atoms with E-state index < -0.39 is 4.92 Å². The highest BCUT2D eigenvalue weighted by Gasteiger charge is 2.17. The van der Waals surface area contributed by atoms with Crippen LogP contribution >= 0.6 is 23.2 Å². The number of benzene rings is 1. The number of nitro groups is 1. The van der Waals surface area contributed by atoms with Crippen molar-refractivity contribution < 1.29 is 9.66 Å². The minimum Gasteiger partial charge on any atom is -0.476 e. The summed E-state index contributed by atoms with van der Waals surface area (Å²) in [7, 11) is 1.33. The molecular formula is C12H8Cl2N2O3. The Hall–Kier alpha value is -1.85. The molecule has 0 aliphatic heterocycles. The van der Waals surface area contributed by atoms with Crippen LogP contribution < -0.4 is 4.74 Å². The molecule has 2 rings (SSSR count). The third kappa shape index (κ3) is 2.77. The first-order chi connectivity index (χ1) is 9.02. The van der Waals surface area contributed by atoms with E-state index in [2.05, 4.69) is 4.98 Å². The molecule has 0 amide bonds. The number of aromatic nitrogens is 1. The Bertz CT molecular complexity index is 647. The van der Waals surface area contributed by atoms with Gasteiger partial charge in [-0.05, 0) is 17.7 Å². The number of halogens is 2. The smallest absolute Gasteiger partial charge is 0.331 e. The number of hydrogen-bond acceptors (Lipinski definition) is 4. The van der Waals surface area contributed by atoms with Gasteiger partial charge in [-0.15, -0.1) is 0 Å². The molecule has 7 heteroatoms. The zero-order chi connectivity index (χ0) is 14.0. The summed E-state index contributed by atoms with van der Waals surface area (Å²) in [5.74, 6) is -0.0335. The first-order valence-electron chi connectivity index (χ1n) is 5.16. The lowest BCUT2D eigenvalue weighted by Crippen LogP contribution is -1.96. The van der Waals surface area contributed by atoms with Crippen molar-refractivity contribution in [3.05, 3.63) is 50.6 Å². The van der Waals surface area contributed by atoms with E-state index >= 15 is 0 Å². The van der Waals surface area contributed by atoms with E-state index in [1.54, 1.807) is 18.2 Å². The lowest BCUT2D eigenvalue weighted by atomic mass is 10.1. The normalized spacial score (nSPS) is 10.3. The molecule has 0 radical (unpaired) electrons. The highest BCUT2D eigenvalue weighted by molar-refractivity contribution is 6.42. The maximum Gasteiger partial charge on any atom is 0.331 e. The van der Waals surface area contributed by atoms with Gasteiger partial charge in [0.15, 0.2) is 0 Å². The van der Waals surface area contributed by atoms with Gasteiger partial charge in [0.1, 0.15) is 0 Å². The van der Waals surface area contributed by atoms with Crippen molar-refractivity contribution in [2.75, 3.05) is 7.11 Å². The Balaban J connectivity index is 2.53. The fourth-order valence-electron chi connectivity index (χ4n) is 1.56. The first-order valence-corrected chi connectivity index (χ1v) is 5.92. The predicted octanol–water partition coefficient (Wildman–Crippen LogP) is 3.97. The Morgan fingerprint density at radius 2 is 1.95 bits per heavy atom. The number of rotatable bonds is 3. The molecule has 19 heavy (non-hydrogen) atoms. The van der Waals surface area contributed by atoms with Crippen LogP contribution in [0.4, 0.5) is 5.69 Å². The summed E-state index contributed by atoms with van der Waals surface area (Å²) < 4.78 is 4.84. The van der Waals surface area contributed by atoms with E-state index in [1.807, 2.05) is 0 Å². The Morgan fingerprint density at radius 3 is 2.53 bits per heavy atom. The molecule has 0 spiro atoms. The zero-order valence-corrected chi connectivity index (χ0v) is 11.3. The van der Waals surface area contributed by atoms with Crippen molar-refractivity contribution in [3.63, 3.8) is 0 Å². The van der Waals surface area contributed by atoms with Crippen LogP contribution in [0.2, 0.25) is 10.0 Å². The fraction of sp³-hybridized carbons (Fsp3) is 0.0833.